The number of carbonyl (C=O) groups excluding carboxylic acids is 1. The Balaban J connectivity index is 2.12. The van der Waals surface area contributed by atoms with Crippen LogP contribution >= 0.6 is 15.9 Å². The number of benzene rings is 1. The zero-order valence-electron chi connectivity index (χ0n) is 10.1. The van der Waals surface area contributed by atoms with Crippen LogP contribution in [0.4, 0.5) is 0 Å². The van der Waals surface area contributed by atoms with Crippen molar-refractivity contribution in [3.05, 3.63) is 46.0 Å². The van der Waals surface area contributed by atoms with Crippen LogP contribution in [0.3, 0.4) is 0 Å². The summed E-state index contributed by atoms with van der Waals surface area (Å²) in [4.78, 5) is 16.1. The van der Waals surface area contributed by atoms with E-state index in [1.807, 2.05) is 26.0 Å². The first-order valence-electron chi connectivity index (χ1n) is 5.50. The summed E-state index contributed by atoms with van der Waals surface area (Å²) in [5.74, 6) is 0.484. The molecule has 94 valence electrons. The van der Waals surface area contributed by atoms with Gasteiger partial charge in [-0.3, -0.25) is 9.89 Å². The Bertz CT molecular complexity index is 553. The SMILES string of the molecule is Cc1ccc(C(=O)NC(C)c2ncn[nH]2)c(Br)c1. The number of hydrogen-bond donors (Lipinski definition) is 2. The Kier molecular flexibility index (Phi) is 3.76. The van der Waals surface area contributed by atoms with Crippen LogP contribution in [0.25, 0.3) is 0 Å². The first-order chi connectivity index (χ1) is 8.58. The van der Waals surface area contributed by atoms with Gasteiger partial charge in [-0.2, -0.15) is 5.10 Å². The summed E-state index contributed by atoms with van der Waals surface area (Å²) in [5, 5.41) is 9.34. The van der Waals surface area contributed by atoms with Gasteiger partial charge in [0.05, 0.1) is 11.6 Å². The third-order valence-electron chi connectivity index (χ3n) is 2.56. The van der Waals surface area contributed by atoms with E-state index < -0.39 is 0 Å². The molecule has 1 atom stereocenters. The molecule has 1 amide bonds. The molecule has 0 saturated heterocycles. The second kappa shape index (κ2) is 5.30. The molecule has 1 aromatic carbocycles. The number of hydrogen-bond acceptors (Lipinski definition) is 3. The predicted octanol–water partition coefficient (Wildman–Crippen LogP) is 2.37. The lowest BCUT2D eigenvalue weighted by Gasteiger charge is -2.12. The maximum atomic E-state index is 12.1. The van der Waals surface area contributed by atoms with Crippen LogP contribution < -0.4 is 5.32 Å². The third-order valence-corrected chi connectivity index (χ3v) is 3.22. The van der Waals surface area contributed by atoms with Gasteiger partial charge in [0, 0.05) is 4.47 Å². The van der Waals surface area contributed by atoms with Gasteiger partial charge in [-0.15, -0.1) is 0 Å². The summed E-state index contributed by atoms with van der Waals surface area (Å²) in [5.41, 5.74) is 1.70. The smallest absolute Gasteiger partial charge is 0.253 e. The quantitative estimate of drug-likeness (QED) is 0.914. The number of nitrogens with zero attached hydrogens (tertiary/aromatic N) is 2. The van der Waals surface area contributed by atoms with Crippen LogP contribution in [0.2, 0.25) is 0 Å². The Morgan fingerprint density at radius 3 is 2.89 bits per heavy atom. The van der Waals surface area contributed by atoms with Gasteiger partial charge in [0.2, 0.25) is 0 Å². The molecule has 0 aliphatic carbocycles. The number of aromatic amines is 1. The maximum absolute atomic E-state index is 12.1. The molecular formula is C12H13BrN4O. The molecule has 0 saturated carbocycles. The van der Waals surface area contributed by atoms with Crippen LogP contribution in [-0.2, 0) is 0 Å². The van der Waals surface area contributed by atoms with E-state index in [1.165, 1.54) is 6.33 Å². The number of carbonyl (C=O) groups is 1. The van der Waals surface area contributed by atoms with Crippen molar-refractivity contribution in [2.75, 3.05) is 0 Å². The van der Waals surface area contributed by atoms with Crippen molar-refractivity contribution >= 4 is 21.8 Å². The summed E-state index contributed by atoms with van der Waals surface area (Å²) in [6.45, 7) is 3.82. The number of aromatic nitrogens is 3. The zero-order valence-corrected chi connectivity index (χ0v) is 11.7. The van der Waals surface area contributed by atoms with Gasteiger partial charge in [-0.1, -0.05) is 6.07 Å². The first kappa shape index (κ1) is 12.8. The molecule has 2 N–H and O–H groups in total. The fourth-order valence-corrected chi connectivity index (χ4v) is 2.24. The molecule has 1 aromatic heterocycles. The second-order valence-electron chi connectivity index (χ2n) is 4.05. The average molecular weight is 309 g/mol. The van der Waals surface area contributed by atoms with Crippen molar-refractivity contribution < 1.29 is 4.79 Å². The van der Waals surface area contributed by atoms with E-state index in [4.69, 9.17) is 0 Å². The Morgan fingerprint density at radius 2 is 2.28 bits per heavy atom. The van der Waals surface area contributed by atoms with E-state index in [0.717, 1.165) is 10.0 Å². The number of halogens is 1. The fourth-order valence-electron chi connectivity index (χ4n) is 1.57. The van der Waals surface area contributed by atoms with Crippen molar-refractivity contribution in [2.24, 2.45) is 0 Å². The van der Waals surface area contributed by atoms with E-state index in [1.54, 1.807) is 6.07 Å². The number of amides is 1. The van der Waals surface area contributed by atoms with Gasteiger partial charge in [0.1, 0.15) is 12.2 Å². The van der Waals surface area contributed by atoms with Gasteiger partial charge in [-0.05, 0) is 47.5 Å². The molecule has 0 spiro atoms. The van der Waals surface area contributed by atoms with Crippen molar-refractivity contribution in [1.82, 2.24) is 20.5 Å². The molecule has 0 fully saturated rings. The fraction of sp³-hybridized carbons (Fsp3) is 0.250. The molecule has 18 heavy (non-hydrogen) atoms. The number of aryl methyl sites for hydroxylation is 1. The molecule has 2 rings (SSSR count). The summed E-state index contributed by atoms with van der Waals surface area (Å²) < 4.78 is 0.782. The van der Waals surface area contributed by atoms with Gasteiger partial charge in [0.15, 0.2) is 0 Å². The predicted molar refractivity (Wildman–Crippen MR) is 71.1 cm³/mol. The highest BCUT2D eigenvalue weighted by Crippen LogP contribution is 2.19. The molecule has 6 heteroatoms. The lowest BCUT2D eigenvalue weighted by Crippen LogP contribution is -2.27. The largest absolute Gasteiger partial charge is 0.342 e. The van der Waals surface area contributed by atoms with E-state index in [9.17, 15) is 4.79 Å². The van der Waals surface area contributed by atoms with E-state index in [2.05, 4.69) is 36.4 Å². The minimum Gasteiger partial charge on any atom is -0.342 e. The molecule has 1 unspecified atom stereocenters. The topological polar surface area (TPSA) is 70.7 Å². The standard InChI is InChI=1S/C12H13BrN4O/c1-7-3-4-9(10(13)5-7)12(18)16-8(2)11-14-6-15-17-11/h3-6,8H,1-2H3,(H,16,18)(H,14,15,17). The number of H-pyrrole nitrogens is 1. The molecule has 0 aliphatic heterocycles. The van der Waals surface area contributed by atoms with Crippen molar-refractivity contribution in [2.45, 2.75) is 19.9 Å². The Morgan fingerprint density at radius 1 is 1.50 bits per heavy atom. The van der Waals surface area contributed by atoms with Gasteiger partial charge < -0.3 is 5.32 Å². The minimum absolute atomic E-state index is 0.147. The average Bonchev–Trinajstić information content (AvgIpc) is 2.81. The summed E-state index contributed by atoms with van der Waals surface area (Å²) in [6, 6.07) is 5.39. The summed E-state index contributed by atoms with van der Waals surface area (Å²) in [6.07, 6.45) is 1.42. The van der Waals surface area contributed by atoms with E-state index >= 15 is 0 Å². The van der Waals surface area contributed by atoms with E-state index in [0.29, 0.717) is 11.4 Å². The highest BCUT2D eigenvalue weighted by molar-refractivity contribution is 9.10. The highest BCUT2D eigenvalue weighted by atomic mass is 79.9. The molecule has 5 nitrogen and oxygen atoms in total. The molecule has 0 radical (unpaired) electrons. The van der Waals surface area contributed by atoms with E-state index in [-0.39, 0.29) is 11.9 Å². The number of rotatable bonds is 3. The molecule has 0 aliphatic rings. The lowest BCUT2D eigenvalue weighted by atomic mass is 10.1. The van der Waals surface area contributed by atoms with Gasteiger partial charge in [0.25, 0.3) is 5.91 Å². The van der Waals surface area contributed by atoms with Crippen molar-refractivity contribution in [1.29, 1.82) is 0 Å². The van der Waals surface area contributed by atoms with Crippen LogP contribution in [-0.4, -0.2) is 21.1 Å². The van der Waals surface area contributed by atoms with Gasteiger partial charge in [-0.25, -0.2) is 4.98 Å². The minimum atomic E-state index is -0.215. The molecular weight excluding hydrogens is 296 g/mol. The van der Waals surface area contributed by atoms with Crippen LogP contribution in [0.15, 0.2) is 29.0 Å². The molecule has 0 bridgehead atoms. The lowest BCUT2D eigenvalue weighted by molar-refractivity contribution is 0.0937. The molecule has 1 heterocycles. The van der Waals surface area contributed by atoms with Crippen LogP contribution in [0.5, 0.6) is 0 Å². The monoisotopic (exact) mass is 308 g/mol. The maximum Gasteiger partial charge on any atom is 0.253 e. The summed E-state index contributed by atoms with van der Waals surface area (Å²) in [7, 11) is 0. The Labute approximate surface area is 113 Å². The highest BCUT2D eigenvalue weighted by Gasteiger charge is 2.15. The molecule has 2 aromatic rings. The normalized spacial score (nSPS) is 12.2. The van der Waals surface area contributed by atoms with Gasteiger partial charge >= 0.3 is 0 Å². The number of nitrogens with one attached hydrogen (secondary N) is 2. The Hall–Kier alpha value is -1.69. The third kappa shape index (κ3) is 2.76. The zero-order chi connectivity index (χ0) is 13.1. The first-order valence-corrected chi connectivity index (χ1v) is 6.29. The van der Waals surface area contributed by atoms with Crippen molar-refractivity contribution in [3.63, 3.8) is 0 Å². The summed E-state index contributed by atoms with van der Waals surface area (Å²) >= 11 is 3.39. The van der Waals surface area contributed by atoms with Crippen LogP contribution in [0.1, 0.15) is 34.7 Å². The second-order valence-corrected chi connectivity index (χ2v) is 4.90. The van der Waals surface area contributed by atoms with Crippen molar-refractivity contribution in [3.8, 4) is 0 Å². The van der Waals surface area contributed by atoms with Crippen LogP contribution in [0, 0.1) is 6.92 Å².